The number of pyridine rings is 1. The van der Waals surface area contributed by atoms with Gasteiger partial charge in [0.25, 0.3) is 0 Å². The summed E-state index contributed by atoms with van der Waals surface area (Å²) in [6.07, 6.45) is 2.28. The topological polar surface area (TPSA) is 85.0 Å². The Kier molecular flexibility index (Phi) is 6.36. The third-order valence-corrected chi connectivity index (χ3v) is 4.22. The number of rotatable bonds is 5. The Morgan fingerprint density at radius 2 is 2.12 bits per heavy atom. The SMILES string of the molecule is CCc1c(C#N)cnc(N2CCO[C@@H](CNCC(C)(C)C)C2)c1C#N. The van der Waals surface area contributed by atoms with Crippen molar-refractivity contribution >= 4 is 5.82 Å². The number of morpholine rings is 1. The Balaban J connectivity index is 2.14. The fourth-order valence-corrected chi connectivity index (χ4v) is 3.00. The molecular weight excluding hydrogens is 314 g/mol. The summed E-state index contributed by atoms with van der Waals surface area (Å²) in [5, 5.41) is 22.3. The fraction of sp³-hybridized carbons (Fsp3) is 0.632. The molecule has 1 fully saturated rings. The minimum atomic E-state index is 0.0603. The van der Waals surface area contributed by atoms with Crippen LogP contribution in [-0.4, -0.2) is 43.9 Å². The van der Waals surface area contributed by atoms with E-state index >= 15 is 0 Å². The van der Waals surface area contributed by atoms with Gasteiger partial charge in [-0.15, -0.1) is 0 Å². The average molecular weight is 341 g/mol. The highest BCUT2D eigenvalue weighted by molar-refractivity contribution is 5.61. The van der Waals surface area contributed by atoms with Crippen LogP contribution >= 0.6 is 0 Å². The Labute approximate surface area is 150 Å². The normalized spacial score (nSPS) is 17.8. The molecule has 0 amide bonds. The minimum Gasteiger partial charge on any atom is -0.373 e. The molecule has 1 N–H and O–H groups in total. The van der Waals surface area contributed by atoms with Crippen molar-refractivity contribution < 1.29 is 4.74 Å². The van der Waals surface area contributed by atoms with Crippen LogP contribution in [0.2, 0.25) is 0 Å². The lowest BCUT2D eigenvalue weighted by atomic mass is 9.97. The van der Waals surface area contributed by atoms with Gasteiger partial charge in [-0.25, -0.2) is 4.98 Å². The van der Waals surface area contributed by atoms with E-state index in [1.54, 1.807) is 6.20 Å². The summed E-state index contributed by atoms with van der Waals surface area (Å²) in [5.74, 6) is 0.669. The number of anilines is 1. The molecule has 1 aromatic heterocycles. The van der Waals surface area contributed by atoms with Crippen LogP contribution in [0.15, 0.2) is 6.20 Å². The molecule has 1 aromatic rings. The Morgan fingerprint density at radius 1 is 1.36 bits per heavy atom. The number of nitrogens with one attached hydrogen (secondary N) is 1. The van der Waals surface area contributed by atoms with Gasteiger partial charge < -0.3 is 15.0 Å². The molecule has 6 nitrogen and oxygen atoms in total. The average Bonchev–Trinajstić information content (AvgIpc) is 2.59. The second kappa shape index (κ2) is 8.29. The van der Waals surface area contributed by atoms with Crippen molar-refractivity contribution in [3.63, 3.8) is 0 Å². The van der Waals surface area contributed by atoms with Gasteiger partial charge in [-0.1, -0.05) is 27.7 Å². The molecule has 6 heteroatoms. The molecule has 1 aliphatic heterocycles. The molecule has 1 atom stereocenters. The summed E-state index contributed by atoms with van der Waals surface area (Å²) in [5.41, 5.74) is 2.01. The van der Waals surface area contributed by atoms with Crippen LogP contribution in [0.25, 0.3) is 0 Å². The van der Waals surface area contributed by atoms with Crippen molar-refractivity contribution in [2.24, 2.45) is 5.41 Å². The molecule has 25 heavy (non-hydrogen) atoms. The second-order valence-corrected chi connectivity index (χ2v) is 7.56. The van der Waals surface area contributed by atoms with Gasteiger partial charge in [0.15, 0.2) is 0 Å². The van der Waals surface area contributed by atoms with E-state index in [4.69, 9.17) is 4.74 Å². The number of hydrogen-bond donors (Lipinski definition) is 1. The highest BCUT2D eigenvalue weighted by atomic mass is 16.5. The molecule has 2 heterocycles. The summed E-state index contributed by atoms with van der Waals surface area (Å²) >= 11 is 0. The van der Waals surface area contributed by atoms with E-state index < -0.39 is 0 Å². The lowest BCUT2D eigenvalue weighted by Gasteiger charge is -2.35. The summed E-state index contributed by atoms with van der Waals surface area (Å²) < 4.78 is 5.85. The maximum atomic E-state index is 9.61. The molecule has 0 bridgehead atoms. The molecule has 1 aliphatic rings. The standard InChI is InChI=1S/C19H27N5O/c1-5-16-14(8-20)10-23-18(17(16)9-21)24-6-7-25-15(12-24)11-22-13-19(2,3)4/h10,15,22H,5-7,11-13H2,1-4H3/t15-/m0/s1. The maximum Gasteiger partial charge on any atom is 0.147 e. The number of aromatic nitrogens is 1. The van der Waals surface area contributed by atoms with E-state index in [0.717, 1.165) is 18.7 Å². The number of ether oxygens (including phenoxy) is 1. The summed E-state index contributed by atoms with van der Waals surface area (Å²) in [7, 11) is 0. The zero-order chi connectivity index (χ0) is 18.4. The first kappa shape index (κ1) is 19.2. The molecule has 134 valence electrons. The van der Waals surface area contributed by atoms with Gasteiger partial charge in [0.2, 0.25) is 0 Å². The van der Waals surface area contributed by atoms with Gasteiger partial charge in [-0.2, -0.15) is 10.5 Å². The third-order valence-electron chi connectivity index (χ3n) is 4.22. The van der Waals surface area contributed by atoms with Crippen LogP contribution in [0.5, 0.6) is 0 Å². The Hall–Kier alpha value is -2.15. The highest BCUT2D eigenvalue weighted by Crippen LogP contribution is 2.25. The summed E-state index contributed by atoms with van der Waals surface area (Å²) in [6, 6.07) is 4.39. The first-order valence-corrected chi connectivity index (χ1v) is 8.79. The van der Waals surface area contributed by atoms with Crippen LogP contribution in [-0.2, 0) is 11.2 Å². The van der Waals surface area contributed by atoms with Crippen molar-refractivity contribution in [2.75, 3.05) is 37.7 Å². The number of hydrogen-bond acceptors (Lipinski definition) is 6. The van der Waals surface area contributed by atoms with E-state index in [9.17, 15) is 10.5 Å². The molecule has 0 aromatic carbocycles. The molecule has 0 unspecified atom stereocenters. The van der Waals surface area contributed by atoms with Crippen LogP contribution in [0.1, 0.15) is 44.4 Å². The van der Waals surface area contributed by atoms with Crippen molar-refractivity contribution in [1.29, 1.82) is 10.5 Å². The van der Waals surface area contributed by atoms with Gasteiger partial charge in [0.1, 0.15) is 18.0 Å². The predicted octanol–water partition coefficient (Wildman–Crippen LogP) is 2.23. The Bertz CT molecular complexity index is 681. The van der Waals surface area contributed by atoms with Gasteiger partial charge >= 0.3 is 0 Å². The van der Waals surface area contributed by atoms with Crippen LogP contribution in [0, 0.1) is 28.1 Å². The third kappa shape index (κ3) is 4.92. The molecule has 0 aliphatic carbocycles. The monoisotopic (exact) mass is 341 g/mol. The first-order valence-electron chi connectivity index (χ1n) is 8.79. The lowest BCUT2D eigenvalue weighted by molar-refractivity contribution is 0.0395. The van der Waals surface area contributed by atoms with Gasteiger partial charge in [-0.3, -0.25) is 0 Å². The van der Waals surface area contributed by atoms with Crippen LogP contribution in [0.3, 0.4) is 0 Å². The molecule has 1 saturated heterocycles. The van der Waals surface area contributed by atoms with E-state index in [1.165, 1.54) is 0 Å². The molecule has 0 radical (unpaired) electrons. The van der Waals surface area contributed by atoms with Gasteiger partial charge in [0, 0.05) is 32.4 Å². The van der Waals surface area contributed by atoms with Crippen molar-refractivity contribution in [3.8, 4) is 12.1 Å². The summed E-state index contributed by atoms with van der Waals surface area (Å²) in [6.45, 7) is 12.2. The zero-order valence-corrected chi connectivity index (χ0v) is 15.6. The molecule has 2 rings (SSSR count). The van der Waals surface area contributed by atoms with Gasteiger partial charge in [0.05, 0.1) is 23.8 Å². The zero-order valence-electron chi connectivity index (χ0n) is 15.6. The second-order valence-electron chi connectivity index (χ2n) is 7.56. The minimum absolute atomic E-state index is 0.0603. The Morgan fingerprint density at radius 3 is 2.72 bits per heavy atom. The van der Waals surface area contributed by atoms with Crippen molar-refractivity contribution in [1.82, 2.24) is 10.3 Å². The van der Waals surface area contributed by atoms with E-state index in [2.05, 4.69) is 48.1 Å². The number of nitriles is 2. The fourth-order valence-electron chi connectivity index (χ4n) is 3.00. The smallest absolute Gasteiger partial charge is 0.147 e. The van der Waals surface area contributed by atoms with Crippen LogP contribution in [0.4, 0.5) is 5.82 Å². The van der Waals surface area contributed by atoms with Crippen LogP contribution < -0.4 is 10.2 Å². The number of nitrogens with zero attached hydrogens (tertiary/aromatic N) is 4. The highest BCUT2D eigenvalue weighted by Gasteiger charge is 2.25. The van der Waals surface area contributed by atoms with Gasteiger partial charge in [-0.05, 0) is 17.4 Å². The van der Waals surface area contributed by atoms with Crippen molar-refractivity contribution in [2.45, 2.75) is 40.2 Å². The van der Waals surface area contributed by atoms with E-state index in [1.807, 2.05) is 6.92 Å². The lowest BCUT2D eigenvalue weighted by Crippen LogP contribution is -2.48. The maximum absolute atomic E-state index is 9.61. The van der Waals surface area contributed by atoms with Crippen molar-refractivity contribution in [3.05, 3.63) is 22.9 Å². The molecular formula is C19H27N5O. The quantitative estimate of drug-likeness (QED) is 0.884. The molecule has 0 spiro atoms. The predicted molar refractivity (Wildman–Crippen MR) is 97.3 cm³/mol. The van der Waals surface area contributed by atoms with E-state index in [0.29, 0.717) is 43.1 Å². The largest absolute Gasteiger partial charge is 0.373 e. The van der Waals surface area contributed by atoms with E-state index in [-0.39, 0.29) is 11.5 Å². The summed E-state index contributed by atoms with van der Waals surface area (Å²) in [4.78, 5) is 6.51. The first-order chi connectivity index (χ1) is 11.9. The molecule has 0 saturated carbocycles.